The van der Waals surface area contributed by atoms with Crippen LogP contribution in [0.3, 0.4) is 0 Å². The summed E-state index contributed by atoms with van der Waals surface area (Å²) in [7, 11) is -1.10. The van der Waals surface area contributed by atoms with Crippen molar-refractivity contribution in [3.63, 3.8) is 0 Å². The van der Waals surface area contributed by atoms with Crippen molar-refractivity contribution >= 4 is 7.12 Å². The van der Waals surface area contributed by atoms with E-state index in [9.17, 15) is 0 Å². The molecule has 2 atom stereocenters. The first kappa shape index (κ1) is 9.08. The van der Waals surface area contributed by atoms with Crippen LogP contribution >= 0.6 is 0 Å². The summed E-state index contributed by atoms with van der Waals surface area (Å²) in [6, 6.07) is 0. The topological polar surface area (TPSA) is 40.5 Å². The second-order valence-electron chi connectivity index (χ2n) is 4.09. The molecule has 0 amide bonds. The van der Waals surface area contributed by atoms with E-state index in [1.807, 2.05) is 0 Å². The fourth-order valence-electron chi connectivity index (χ4n) is 2.25. The van der Waals surface area contributed by atoms with E-state index in [0.717, 1.165) is 12.8 Å². The molecule has 0 aromatic rings. The van der Waals surface area contributed by atoms with Gasteiger partial charge < -0.3 is 10.0 Å². The fraction of sp³-hybridized carbons (Fsp3) is 1.00. The van der Waals surface area contributed by atoms with Crippen LogP contribution in [-0.2, 0) is 0 Å². The fourth-order valence-corrected chi connectivity index (χ4v) is 2.25. The molecule has 1 rings (SSSR count). The van der Waals surface area contributed by atoms with Gasteiger partial charge in [0.25, 0.3) is 0 Å². The lowest BCUT2D eigenvalue weighted by Crippen LogP contribution is -2.28. The monoisotopic (exact) mass is 156 g/mol. The number of hydrogen-bond acceptors (Lipinski definition) is 2. The molecule has 0 spiro atoms. The van der Waals surface area contributed by atoms with Crippen LogP contribution in [0.25, 0.3) is 0 Å². The molecule has 1 aliphatic rings. The van der Waals surface area contributed by atoms with E-state index in [1.54, 1.807) is 0 Å². The van der Waals surface area contributed by atoms with Gasteiger partial charge >= 0.3 is 7.12 Å². The van der Waals surface area contributed by atoms with Crippen molar-refractivity contribution in [2.24, 2.45) is 11.8 Å². The minimum absolute atomic E-state index is 0.119. The Morgan fingerprint density at radius 3 is 1.82 bits per heavy atom. The molecule has 2 N–H and O–H groups in total. The Hall–Kier alpha value is -0.0151. The molecule has 2 nitrogen and oxygen atoms in total. The van der Waals surface area contributed by atoms with Crippen molar-refractivity contribution in [1.29, 1.82) is 0 Å². The zero-order chi connectivity index (χ0) is 8.43. The van der Waals surface area contributed by atoms with Crippen LogP contribution in [0.1, 0.15) is 33.1 Å². The Bertz CT molecular complexity index is 117. The SMILES string of the molecule is CC1CC(C)CC(B(O)O)C1. The van der Waals surface area contributed by atoms with Crippen molar-refractivity contribution in [1.82, 2.24) is 0 Å². The molecule has 64 valence electrons. The lowest BCUT2D eigenvalue weighted by atomic mass is 9.60. The van der Waals surface area contributed by atoms with E-state index < -0.39 is 7.12 Å². The van der Waals surface area contributed by atoms with E-state index in [1.165, 1.54) is 6.42 Å². The predicted octanol–water partition coefficient (Wildman–Crippen LogP) is 1.29. The Labute approximate surface area is 68.8 Å². The smallest absolute Gasteiger partial charge is 0.427 e. The molecule has 0 aromatic carbocycles. The highest BCUT2D eigenvalue weighted by molar-refractivity contribution is 6.43. The van der Waals surface area contributed by atoms with Gasteiger partial charge in [-0.15, -0.1) is 0 Å². The lowest BCUT2D eigenvalue weighted by Gasteiger charge is -2.30. The van der Waals surface area contributed by atoms with Crippen LogP contribution in [0.5, 0.6) is 0 Å². The summed E-state index contributed by atoms with van der Waals surface area (Å²) in [5.74, 6) is 1.44. The molecule has 2 unspecified atom stereocenters. The maximum Gasteiger partial charge on any atom is 0.454 e. The van der Waals surface area contributed by atoms with Crippen molar-refractivity contribution < 1.29 is 10.0 Å². The van der Waals surface area contributed by atoms with Crippen LogP contribution in [0.2, 0.25) is 5.82 Å². The molecule has 0 aliphatic heterocycles. The quantitative estimate of drug-likeness (QED) is 0.561. The van der Waals surface area contributed by atoms with E-state index in [2.05, 4.69) is 13.8 Å². The predicted molar refractivity (Wildman–Crippen MR) is 46.1 cm³/mol. The molecule has 1 fully saturated rings. The molecule has 0 radical (unpaired) electrons. The Morgan fingerprint density at radius 2 is 1.45 bits per heavy atom. The van der Waals surface area contributed by atoms with E-state index >= 15 is 0 Å². The average molecular weight is 156 g/mol. The molecular formula is C8H17BO2. The molecule has 0 bridgehead atoms. The molecule has 1 saturated carbocycles. The number of hydrogen-bond donors (Lipinski definition) is 2. The van der Waals surface area contributed by atoms with Gasteiger partial charge in [0.05, 0.1) is 0 Å². The van der Waals surface area contributed by atoms with E-state index in [-0.39, 0.29) is 5.82 Å². The summed E-state index contributed by atoms with van der Waals surface area (Å²) in [4.78, 5) is 0. The lowest BCUT2D eigenvalue weighted by molar-refractivity contribution is 0.262. The van der Waals surface area contributed by atoms with Gasteiger partial charge in [0, 0.05) is 0 Å². The molecule has 0 saturated heterocycles. The Morgan fingerprint density at radius 1 is 1.00 bits per heavy atom. The van der Waals surface area contributed by atoms with Gasteiger partial charge in [0.2, 0.25) is 0 Å². The van der Waals surface area contributed by atoms with E-state index in [0.29, 0.717) is 11.8 Å². The Kier molecular flexibility index (Phi) is 2.96. The summed E-state index contributed by atoms with van der Waals surface area (Å²) in [5, 5.41) is 17.9. The van der Waals surface area contributed by atoms with Gasteiger partial charge in [-0.1, -0.05) is 13.8 Å². The third kappa shape index (κ3) is 2.49. The summed E-state index contributed by atoms with van der Waals surface area (Å²) in [5.41, 5.74) is 0. The van der Waals surface area contributed by atoms with Crippen molar-refractivity contribution in [3.05, 3.63) is 0 Å². The van der Waals surface area contributed by atoms with Crippen molar-refractivity contribution in [2.45, 2.75) is 38.9 Å². The molecule has 1 aliphatic carbocycles. The minimum atomic E-state index is -1.10. The normalized spacial score (nSPS) is 38.7. The molecule has 3 heteroatoms. The zero-order valence-corrected chi connectivity index (χ0v) is 7.33. The van der Waals surface area contributed by atoms with Crippen molar-refractivity contribution in [2.75, 3.05) is 0 Å². The van der Waals surface area contributed by atoms with Crippen LogP contribution in [0.15, 0.2) is 0 Å². The van der Waals surface area contributed by atoms with Crippen LogP contribution in [0.4, 0.5) is 0 Å². The highest BCUT2D eigenvalue weighted by Gasteiger charge is 2.31. The molecule has 0 heterocycles. The average Bonchev–Trinajstić information content (AvgIpc) is 1.85. The van der Waals surface area contributed by atoms with Gasteiger partial charge in [-0.05, 0) is 36.9 Å². The summed E-state index contributed by atoms with van der Waals surface area (Å²) in [6.45, 7) is 4.37. The van der Waals surface area contributed by atoms with Gasteiger partial charge in [0.1, 0.15) is 0 Å². The summed E-state index contributed by atoms with van der Waals surface area (Å²) >= 11 is 0. The summed E-state index contributed by atoms with van der Waals surface area (Å²) in [6.07, 6.45) is 3.19. The molecular weight excluding hydrogens is 139 g/mol. The second-order valence-corrected chi connectivity index (χ2v) is 4.09. The van der Waals surface area contributed by atoms with E-state index in [4.69, 9.17) is 10.0 Å². The second kappa shape index (κ2) is 3.59. The van der Waals surface area contributed by atoms with Crippen molar-refractivity contribution in [3.8, 4) is 0 Å². The van der Waals surface area contributed by atoms with Gasteiger partial charge in [0.15, 0.2) is 0 Å². The van der Waals surface area contributed by atoms with Crippen LogP contribution in [-0.4, -0.2) is 17.2 Å². The standard InChI is InChI=1S/C8H17BO2/c1-6-3-7(2)5-8(4-6)9(10)11/h6-8,10-11H,3-5H2,1-2H3. The molecule has 11 heavy (non-hydrogen) atoms. The Balaban J connectivity index is 2.43. The first-order valence-corrected chi connectivity index (χ1v) is 4.45. The van der Waals surface area contributed by atoms with Gasteiger partial charge in [-0.25, -0.2) is 0 Å². The molecule has 0 aromatic heterocycles. The highest BCUT2D eigenvalue weighted by Crippen LogP contribution is 2.36. The largest absolute Gasteiger partial charge is 0.454 e. The summed E-state index contributed by atoms with van der Waals surface area (Å²) < 4.78 is 0. The third-order valence-electron chi connectivity index (χ3n) is 2.64. The highest BCUT2D eigenvalue weighted by atomic mass is 16.4. The maximum absolute atomic E-state index is 8.97. The van der Waals surface area contributed by atoms with Crippen LogP contribution < -0.4 is 0 Å². The maximum atomic E-state index is 8.97. The first-order chi connectivity index (χ1) is 5.09. The first-order valence-electron chi connectivity index (χ1n) is 4.45. The number of rotatable bonds is 1. The zero-order valence-electron chi connectivity index (χ0n) is 7.33. The minimum Gasteiger partial charge on any atom is -0.427 e. The third-order valence-corrected chi connectivity index (χ3v) is 2.64. The van der Waals surface area contributed by atoms with Gasteiger partial charge in [-0.2, -0.15) is 0 Å². The van der Waals surface area contributed by atoms with Gasteiger partial charge in [-0.3, -0.25) is 0 Å². The van der Waals surface area contributed by atoms with Crippen LogP contribution in [0, 0.1) is 11.8 Å².